The first-order valence-electron chi connectivity index (χ1n) is 3.70. The Morgan fingerprint density at radius 2 is 1.92 bits per heavy atom. The first kappa shape index (κ1) is 15.8. The Kier molecular flexibility index (Phi) is 9.44. The molecular weight excluding hydrogens is 199 g/mol. The molecule has 0 saturated carbocycles. The van der Waals surface area contributed by atoms with E-state index in [2.05, 4.69) is 0 Å². The largest absolute Gasteiger partial charge is 1.00 e. The van der Waals surface area contributed by atoms with Crippen molar-refractivity contribution < 1.29 is 66.1 Å². The van der Waals surface area contributed by atoms with Crippen LogP contribution in [0.4, 0.5) is 4.79 Å². The fourth-order valence-corrected chi connectivity index (χ4v) is 0.860. The van der Waals surface area contributed by atoms with Crippen LogP contribution in [0.3, 0.4) is 0 Å². The summed E-state index contributed by atoms with van der Waals surface area (Å²) in [5.41, 5.74) is 4.94. The summed E-state index contributed by atoms with van der Waals surface area (Å²) < 4.78 is 0. The van der Waals surface area contributed by atoms with Crippen molar-refractivity contribution in [3.8, 4) is 0 Å². The van der Waals surface area contributed by atoms with Gasteiger partial charge in [-0.2, -0.15) is 0 Å². The molecule has 70 valence electrons. The molecule has 0 unspecified atom stereocenters. The van der Waals surface area contributed by atoms with E-state index in [1.807, 2.05) is 19.2 Å². The van der Waals surface area contributed by atoms with Crippen LogP contribution in [0.2, 0.25) is 0 Å². The summed E-state index contributed by atoms with van der Waals surface area (Å²) in [6.45, 7) is 3.74. The second-order valence-corrected chi connectivity index (χ2v) is 3.02. The molecule has 2 amide bonds. The third kappa shape index (κ3) is 8.70. The molecule has 0 rings (SSSR count). The van der Waals surface area contributed by atoms with E-state index in [0.717, 1.165) is 0 Å². The maximum atomic E-state index is 10.6. The molecule has 0 saturated heterocycles. The number of amides is 2. The van der Waals surface area contributed by atoms with E-state index in [9.17, 15) is 14.7 Å². The minimum absolute atomic E-state index is 0. The Hall–Kier alpha value is 0.376. The minimum Gasteiger partial charge on any atom is -0.530 e. The van der Waals surface area contributed by atoms with Gasteiger partial charge in [-0.05, 0) is 12.3 Å². The van der Waals surface area contributed by atoms with E-state index < -0.39 is 18.0 Å². The van der Waals surface area contributed by atoms with Gasteiger partial charge in [0.15, 0.2) is 0 Å². The number of hydrogen-bond acceptors (Lipinski definition) is 3. The topological polar surface area (TPSA) is 95.2 Å². The van der Waals surface area contributed by atoms with E-state index in [4.69, 9.17) is 5.73 Å². The molecule has 0 fully saturated rings. The molecule has 0 heterocycles. The summed E-state index contributed by atoms with van der Waals surface area (Å²) in [5, 5.41) is 12.0. The first-order chi connectivity index (χ1) is 5.43. The van der Waals surface area contributed by atoms with Gasteiger partial charge in [0, 0.05) is 0 Å². The van der Waals surface area contributed by atoms with Crippen LogP contribution in [0.15, 0.2) is 0 Å². The fraction of sp³-hybridized carbons (Fsp3) is 0.714. The van der Waals surface area contributed by atoms with Gasteiger partial charge in [0.2, 0.25) is 5.91 Å². The number of carbonyl (C=O) groups excluding carboxylic acids is 2. The van der Waals surface area contributed by atoms with Gasteiger partial charge < -0.3 is 21.0 Å². The number of carboxylic acid groups (broad SMARTS) is 1. The van der Waals surface area contributed by atoms with Crippen LogP contribution in [-0.2, 0) is 4.79 Å². The van der Waals surface area contributed by atoms with Crippen molar-refractivity contribution in [2.45, 2.75) is 26.3 Å². The molecule has 0 aromatic rings. The van der Waals surface area contributed by atoms with Gasteiger partial charge in [-0.3, -0.25) is 4.79 Å². The van der Waals surface area contributed by atoms with Crippen molar-refractivity contribution in [3.05, 3.63) is 0 Å². The van der Waals surface area contributed by atoms with Gasteiger partial charge in [0.25, 0.3) is 0 Å². The van der Waals surface area contributed by atoms with Gasteiger partial charge >= 0.3 is 51.4 Å². The number of hydrogen-bond donors (Lipinski definition) is 2. The summed E-state index contributed by atoms with van der Waals surface area (Å²) in [5.74, 6) is -0.470. The molecule has 0 aliphatic heterocycles. The SMILES string of the molecule is CC(C)C[C@@H](NC(=O)[O-])C(N)=O.[K+]. The Morgan fingerprint density at radius 3 is 2.15 bits per heavy atom. The third-order valence-electron chi connectivity index (χ3n) is 1.34. The van der Waals surface area contributed by atoms with Gasteiger partial charge in [-0.25, -0.2) is 0 Å². The van der Waals surface area contributed by atoms with E-state index >= 15 is 0 Å². The Labute approximate surface area is 120 Å². The average Bonchev–Trinajstić information content (AvgIpc) is 1.83. The molecule has 3 N–H and O–H groups in total. The van der Waals surface area contributed by atoms with Crippen LogP contribution in [0.25, 0.3) is 0 Å². The molecule has 1 atom stereocenters. The van der Waals surface area contributed by atoms with Crippen molar-refractivity contribution in [2.24, 2.45) is 11.7 Å². The first-order valence-corrected chi connectivity index (χ1v) is 3.70. The molecular formula is C7H13KN2O3. The summed E-state index contributed by atoms with van der Waals surface area (Å²) in [6.07, 6.45) is -1.08. The second kappa shape index (κ2) is 7.75. The minimum atomic E-state index is -1.47. The van der Waals surface area contributed by atoms with Crippen molar-refractivity contribution in [1.29, 1.82) is 0 Å². The summed E-state index contributed by atoms with van der Waals surface area (Å²) >= 11 is 0. The zero-order valence-electron chi connectivity index (χ0n) is 8.16. The number of carbonyl (C=O) groups is 2. The molecule has 0 radical (unpaired) electrons. The van der Waals surface area contributed by atoms with Crippen molar-refractivity contribution >= 4 is 12.0 Å². The number of nitrogens with two attached hydrogens (primary N) is 1. The maximum Gasteiger partial charge on any atom is 1.00 e. The van der Waals surface area contributed by atoms with E-state index in [1.165, 1.54) is 0 Å². The summed E-state index contributed by atoms with van der Waals surface area (Å²) in [4.78, 5) is 20.7. The molecule has 0 spiro atoms. The Bertz CT molecular complexity index is 185. The quantitative estimate of drug-likeness (QED) is 0.463. The summed E-state index contributed by atoms with van der Waals surface area (Å²) in [6, 6.07) is -0.838. The van der Waals surface area contributed by atoms with Crippen LogP contribution in [-0.4, -0.2) is 18.0 Å². The third-order valence-corrected chi connectivity index (χ3v) is 1.34. The van der Waals surface area contributed by atoms with Crippen LogP contribution >= 0.6 is 0 Å². The van der Waals surface area contributed by atoms with E-state index in [0.29, 0.717) is 6.42 Å². The Balaban J connectivity index is 0. The standard InChI is InChI=1S/C7H14N2O3.K/c1-4(2)3-5(6(8)10)9-7(11)12;/h4-5,9H,3H2,1-2H3,(H2,8,10)(H,11,12);/q;+1/p-1/t5-;/m1./s1. The summed E-state index contributed by atoms with van der Waals surface area (Å²) in [7, 11) is 0. The van der Waals surface area contributed by atoms with Gasteiger partial charge in [0.1, 0.15) is 12.1 Å². The zero-order valence-corrected chi connectivity index (χ0v) is 11.3. The van der Waals surface area contributed by atoms with Crippen molar-refractivity contribution in [1.82, 2.24) is 5.32 Å². The van der Waals surface area contributed by atoms with Crippen molar-refractivity contribution in [2.75, 3.05) is 0 Å². The monoisotopic (exact) mass is 212 g/mol. The normalized spacial score (nSPS) is 11.6. The molecule has 0 aliphatic rings. The van der Waals surface area contributed by atoms with E-state index in [-0.39, 0.29) is 57.3 Å². The molecule has 0 bridgehead atoms. The Morgan fingerprint density at radius 1 is 1.46 bits per heavy atom. The van der Waals surface area contributed by atoms with Gasteiger partial charge in [-0.1, -0.05) is 13.8 Å². The number of primary amides is 1. The second-order valence-electron chi connectivity index (χ2n) is 3.02. The molecule has 5 nitrogen and oxygen atoms in total. The van der Waals surface area contributed by atoms with Crippen LogP contribution in [0.1, 0.15) is 20.3 Å². The van der Waals surface area contributed by atoms with Crippen LogP contribution < -0.4 is 67.5 Å². The smallest absolute Gasteiger partial charge is 0.530 e. The fourth-order valence-electron chi connectivity index (χ4n) is 0.860. The van der Waals surface area contributed by atoms with Gasteiger partial charge in [-0.15, -0.1) is 0 Å². The predicted octanol–water partition coefficient (Wildman–Crippen LogP) is -4.18. The zero-order chi connectivity index (χ0) is 9.72. The van der Waals surface area contributed by atoms with Gasteiger partial charge in [0.05, 0.1) is 0 Å². The predicted molar refractivity (Wildman–Crippen MR) is 41.0 cm³/mol. The molecule has 0 aromatic heterocycles. The molecule has 6 heteroatoms. The molecule has 13 heavy (non-hydrogen) atoms. The molecule has 0 aliphatic carbocycles. The number of rotatable bonds is 4. The van der Waals surface area contributed by atoms with Crippen LogP contribution in [0, 0.1) is 5.92 Å². The molecule has 0 aromatic carbocycles. The van der Waals surface area contributed by atoms with Crippen molar-refractivity contribution in [3.63, 3.8) is 0 Å². The number of nitrogens with one attached hydrogen (secondary N) is 1. The average molecular weight is 212 g/mol. The van der Waals surface area contributed by atoms with Crippen LogP contribution in [0.5, 0.6) is 0 Å². The maximum absolute atomic E-state index is 10.6. The van der Waals surface area contributed by atoms with E-state index in [1.54, 1.807) is 0 Å².